The molecule has 1 aliphatic carbocycles. The molecule has 0 spiro atoms. The molecule has 2 aliphatic heterocycles. The summed E-state index contributed by atoms with van der Waals surface area (Å²) in [5.74, 6) is 2.05. The van der Waals surface area contributed by atoms with E-state index < -0.39 is 6.10 Å². The average Bonchev–Trinajstić information content (AvgIpc) is 3.61. The number of aromatic nitrogens is 1. The number of phenolic OH excluding ortho intramolecular Hbond substituents is 2. The number of aromatic amines is 1. The third kappa shape index (κ3) is 5.82. The van der Waals surface area contributed by atoms with E-state index in [-0.39, 0.29) is 55.2 Å². The molecule has 10 nitrogen and oxygen atoms in total. The Morgan fingerprint density at radius 1 is 0.920 bits per heavy atom. The summed E-state index contributed by atoms with van der Waals surface area (Å²) in [6.45, 7) is 0.0904. The number of aliphatic hydroxyl groups is 2. The molecule has 0 radical (unpaired) electrons. The number of hydrogen-bond acceptors (Lipinski definition) is 9. The van der Waals surface area contributed by atoms with E-state index in [0.29, 0.717) is 32.4 Å². The summed E-state index contributed by atoms with van der Waals surface area (Å²) < 4.78 is 25.7. The summed E-state index contributed by atoms with van der Waals surface area (Å²) in [4.78, 5) is 3.28. The average molecular weight is 679 g/mol. The molecule has 0 bridgehead atoms. The summed E-state index contributed by atoms with van der Waals surface area (Å²) in [7, 11) is 1.84. The van der Waals surface area contributed by atoms with E-state index in [2.05, 4.69) is 34.6 Å². The van der Waals surface area contributed by atoms with Crippen LogP contribution in [0.2, 0.25) is 0 Å². The van der Waals surface area contributed by atoms with E-state index in [1.165, 1.54) is 5.56 Å². The number of aromatic hydroxyl groups is 2. The highest BCUT2D eigenvalue weighted by Crippen LogP contribution is 2.56. The zero-order valence-corrected chi connectivity index (χ0v) is 27.9. The van der Waals surface area contributed by atoms with Crippen LogP contribution in [-0.4, -0.2) is 71.2 Å². The summed E-state index contributed by atoms with van der Waals surface area (Å²) in [5, 5.41) is 45.0. The van der Waals surface area contributed by atoms with Crippen LogP contribution in [0.15, 0.2) is 66.9 Å². The van der Waals surface area contributed by atoms with Gasteiger partial charge in [-0.05, 0) is 114 Å². The molecule has 4 atom stereocenters. The molecule has 260 valence electrons. The third-order valence-corrected chi connectivity index (χ3v) is 10.3. The number of ether oxygens (including phenoxy) is 4. The van der Waals surface area contributed by atoms with Gasteiger partial charge in [0.05, 0.1) is 19.9 Å². The maximum atomic E-state index is 10.7. The lowest BCUT2D eigenvalue weighted by atomic mass is 9.72. The van der Waals surface area contributed by atoms with Crippen molar-refractivity contribution < 1.29 is 39.4 Å². The Labute approximate surface area is 290 Å². The van der Waals surface area contributed by atoms with Crippen LogP contribution in [0, 0.1) is 0 Å². The summed E-state index contributed by atoms with van der Waals surface area (Å²) in [6, 6.07) is 19.4. The number of phenols is 2. The van der Waals surface area contributed by atoms with Crippen LogP contribution >= 0.6 is 0 Å². The van der Waals surface area contributed by atoms with Crippen LogP contribution in [0.1, 0.15) is 51.8 Å². The molecule has 0 amide bonds. The van der Waals surface area contributed by atoms with Gasteiger partial charge in [0.2, 0.25) is 0 Å². The fraction of sp³-hybridized carbons (Fsp3) is 0.350. The highest BCUT2D eigenvalue weighted by Gasteiger charge is 2.42. The molecule has 0 unspecified atom stereocenters. The predicted molar refractivity (Wildman–Crippen MR) is 188 cm³/mol. The van der Waals surface area contributed by atoms with E-state index in [1.54, 1.807) is 18.2 Å². The van der Waals surface area contributed by atoms with Gasteiger partial charge in [-0.25, -0.2) is 0 Å². The molecule has 0 fully saturated rings. The number of hydrogen-bond donors (Lipinski definition) is 6. The van der Waals surface area contributed by atoms with E-state index in [0.717, 1.165) is 67.8 Å². The van der Waals surface area contributed by atoms with Gasteiger partial charge in [-0.15, -0.1) is 0 Å². The highest BCUT2D eigenvalue weighted by molar-refractivity contribution is 5.85. The fourth-order valence-electron chi connectivity index (χ4n) is 8.02. The third-order valence-electron chi connectivity index (χ3n) is 10.3. The molecule has 0 saturated heterocycles. The number of nitrogens with one attached hydrogen (secondary N) is 2. The maximum Gasteiger partial charge on any atom is 0.161 e. The van der Waals surface area contributed by atoms with Crippen LogP contribution in [0.25, 0.3) is 22.0 Å². The summed E-state index contributed by atoms with van der Waals surface area (Å²) >= 11 is 0. The molecule has 3 heterocycles. The molecular formula is C40H42N2O8. The first-order valence-electron chi connectivity index (χ1n) is 17.3. The summed E-state index contributed by atoms with van der Waals surface area (Å²) in [6.07, 6.45) is 4.07. The Balaban J connectivity index is 1.27. The topological polar surface area (TPSA) is 146 Å². The van der Waals surface area contributed by atoms with Crippen molar-refractivity contribution >= 4 is 10.9 Å². The standard InChI is InChI=1S/C40H42N2O8/c1-41-21-48-36-19-32-31-16-25(15-22-2-8-33-23(14-22)10-11-42-33)30-18-26(45)4-6-28(30)37(31)40-29(7-5-27(20-44)49-40)39(32)50-38(36)24-3-9-34(46)35(17-24)47-13-12-43/h2-4,6,8-11,14,17-18,25,27,36,38,41-46H,5,7,12-13,15-16,19-21H2,1H3/t25-,27+,36-,38-/m1/s1. The molecule has 0 saturated carbocycles. The minimum atomic E-state index is -0.526. The van der Waals surface area contributed by atoms with Gasteiger partial charge in [-0.3, -0.25) is 5.32 Å². The Morgan fingerprint density at radius 2 is 1.82 bits per heavy atom. The second-order valence-corrected chi connectivity index (χ2v) is 13.5. The van der Waals surface area contributed by atoms with Gasteiger partial charge in [0.25, 0.3) is 0 Å². The van der Waals surface area contributed by atoms with Gasteiger partial charge in [-0.2, -0.15) is 0 Å². The SMILES string of the molecule is CNCO[C@@H]1Cc2c3c(c4c(c2O[C@@H]1c1ccc(O)c(OCCO)c1)CC[C@@H](CO)O4)-c1ccc(O)cc1[C@H](Cc1ccc2[nH]ccc2c1)C3. The van der Waals surface area contributed by atoms with Crippen molar-refractivity contribution in [3.63, 3.8) is 0 Å². The molecule has 8 rings (SSSR count). The maximum absolute atomic E-state index is 10.7. The smallest absolute Gasteiger partial charge is 0.161 e. The van der Waals surface area contributed by atoms with Crippen molar-refractivity contribution in [3.05, 3.63) is 100 Å². The minimum absolute atomic E-state index is 0.0209. The molecular weight excluding hydrogens is 636 g/mol. The van der Waals surface area contributed by atoms with Crippen LogP contribution in [0.5, 0.6) is 28.7 Å². The molecule has 6 N–H and O–H groups in total. The van der Waals surface area contributed by atoms with Gasteiger partial charge in [0.15, 0.2) is 17.6 Å². The van der Waals surface area contributed by atoms with Crippen molar-refractivity contribution in [1.82, 2.24) is 10.3 Å². The monoisotopic (exact) mass is 678 g/mol. The molecule has 10 heteroatoms. The van der Waals surface area contributed by atoms with Crippen molar-refractivity contribution in [2.24, 2.45) is 0 Å². The van der Waals surface area contributed by atoms with Gasteiger partial charge >= 0.3 is 0 Å². The van der Waals surface area contributed by atoms with Gasteiger partial charge < -0.3 is 44.4 Å². The van der Waals surface area contributed by atoms with Crippen molar-refractivity contribution in [2.45, 2.75) is 56.3 Å². The van der Waals surface area contributed by atoms with Crippen molar-refractivity contribution in [1.29, 1.82) is 0 Å². The predicted octanol–water partition coefficient (Wildman–Crippen LogP) is 5.42. The molecule has 3 aliphatic rings. The Kier molecular flexibility index (Phi) is 8.78. The first-order valence-corrected chi connectivity index (χ1v) is 17.3. The first kappa shape index (κ1) is 32.5. The highest BCUT2D eigenvalue weighted by atomic mass is 16.6. The van der Waals surface area contributed by atoms with Crippen LogP contribution in [0.3, 0.4) is 0 Å². The van der Waals surface area contributed by atoms with Gasteiger partial charge in [-0.1, -0.05) is 18.2 Å². The normalized spacial score (nSPS) is 20.6. The van der Waals surface area contributed by atoms with Crippen molar-refractivity contribution in [2.75, 3.05) is 33.6 Å². The van der Waals surface area contributed by atoms with Gasteiger partial charge in [0, 0.05) is 34.8 Å². The van der Waals surface area contributed by atoms with E-state index in [9.17, 15) is 20.4 Å². The number of H-pyrrole nitrogens is 1. The zero-order chi connectivity index (χ0) is 34.4. The quantitative estimate of drug-likeness (QED) is 0.107. The van der Waals surface area contributed by atoms with Crippen molar-refractivity contribution in [3.8, 4) is 39.9 Å². The fourth-order valence-corrected chi connectivity index (χ4v) is 8.02. The number of rotatable bonds is 10. The Morgan fingerprint density at radius 3 is 2.66 bits per heavy atom. The lowest BCUT2D eigenvalue weighted by molar-refractivity contribution is -0.0436. The number of benzene rings is 4. The first-order chi connectivity index (χ1) is 24.4. The van der Waals surface area contributed by atoms with Crippen LogP contribution in [0.4, 0.5) is 0 Å². The molecule has 4 aromatic carbocycles. The van der Waals surface area contributed by atoms with Gasteiger partial charge in [0.1, 0.15) is 36.1 Å². The lowest BCUT2D eigenvalue weighted by Crippen LogP contribution is -2.37. The van der Waals surface area contributed by atoms with E-state index in [4.69, 9.17) is 18.9 Å². The zero-order valence-electron chi connectivity index (χ0n) is 27.9. The number of fused-ring (bicyclic) bond motifs is 9. The van der Waals surface area contributed by atoms with E-state index in [1.807, 2.05) is 31.4 Å². The Hall–Kier alpha value is -4.74. The lowest BCUT2D eigenvalue weighted by Gasteiger charge is -2.41. The molecule has 5 aromatic rings. The summed E-state index contributed by atoms with van der Waals surface area (Å²) in [5.41, 5.74) is 9.36. The Bertz CT molecular complexity index is 2040. The molecule has 1 aromatic heterocycles. The van der Waals surface area contributed by atoms with Crippen LogP contribution < -0.4 is 19.5 Å². The largest absolute Gasteiger partial charge is 0.508 e. The van der Waals surface area contributed by atoms with E-state index >= 15 is 0 Å². The second-order valence-electron chi connectivity index (χ2n) is 13.5. The minimum Gasteiger partial charge on any atom is -0.508 e. The molecule has 50 heavy (non-hydrogen) atoms. The van der Waals surface area contributed by atoms with Crippen LogP contribution in [-0.2, 0) is 30.4 Å². The number of aliphatic hydroxyl groups excluding tert-OH is 2. The second kappa shape index (κ2) is 13.5.